The molecular weight excluding hydrogens is 244 g/mol. The van der Waals surface area contributed by atoms with E-state index < -0.39 is 4.92 Å². The molecule has 0 saturated carbocycles. The molecule has 1 aromatic carbocycles. The molecule has 0 aliphatic heterocycles. The molecule has 1 N–H and O–H groups in total. The summed E-state index contributed by atoms with van der Waals surface area (Å²) in [4.78, 5) is 10.6. The number of rotatable bonds is 8. The molecule has 0 radical (unpaired) electrons. The molecule has 0 fully saturated rings. The van der Waals surface area contributed by atoms with Crippen molar-refractivity contribution in [1.82, 2.24) is 5.32 Å². The maximum Gasteiger partial charge on any atom is 0.310 e. The zero-order valence-corrected chi connectivity index (χ0v) is 11.8. The van der Waals surface area contributed by atoms with Crippen LogP contribution in [0.1, 0.15) is 39.2 Å². The van der Waals surface area contributed by atoms with Crippen molar-refractivity contribution in [3.05, 3.63) is 33.9 Å². The van der Waals surface area contributed by atoms with Crippen LogP contribution >= 0.6 is 0 Å². The molecule has 0 atom stereocenters. The first kappa shape index (κ1) is 15.4. The van der Waals surface area contributed by atoms with Gasteiger partial charge in [0.2, 0.25) is 0 Å². The lowest BCUT2D eigenvalue weighted by atomic mass is 10.1. The van der Waals surface area contributed by atoms with Crippen LogP contribution < -0.4 is 10.1 Å². The largest absolute Gasteiger partial charge is 0.484 e. The summed E-state index contributed by atoms with van der Waals surface area (Å²) in [5.41, 5.74) is 1.03. The molecule has 0 amide bonds. The normalized spacial score (nSPS) is 10.7. The Bertz CT molecular complexity index is 417. The lowest BCUT2D eigenvalue weighted by molar-refractivity contribution is -0.386. The zero-order chi connectivity index (χ0) is 14.3. The molecule has 1 rings (SSSR count). The van der Waals surface area contributed by atoms with E-state index in [9.17, 15) is 10.1 Å². The average molecular weight is 266 g/mol. The van der Waals surface area contributed by atoms with Gasteiger partial charge in [0.15, 0.2) is 5.75 Å². The predicted molar refractivity (Wildman–Crippen MR) is 75.5 cm³/mol. The maximum atomic E-state index is 11.0. The fraction of sp³-hybridized carbons (Fsp3) is 0.571. The number of benzene rings is 1. The van der Waals surface area contributed by atoms with Gasteiger partial charge in [0.25, 0.3) is 0 Å². The summed E-state index contributed by atoms with van der Waals surface area (Å²) < 4.78 is 5.76. The summed E-state index contributed by atoms with van der Waals surface area (Å²) in [6, 6.07) is 5.05. The van der Waals surface area contributed by atoms with Crippen molar-refractivity contribution >= 4 is 5.69 Å². The fourth-order valence-electron chi connectivity index (χ4n) is 1.82. The Morgan fingerprint density at radius 3 is 2.53 bits per heavy atom. The summed E-state index contributed by atoms with van der Waals surface area (Å²) in [6.45, 7) is 7.60. The minimum atomic E-state index is -0.394. The van der Waals surface area contributed by atoms with Crippen molar-refractivity contribution < 1.29 is 9.66 Å². The number of nitro benzene ring substituents is 1. The van der Waals surface area contributed by atoms with Gasteiger partial charge in [-0.15, -0.1) is 0 Å². The predicted octanol–water partition coefficient (Wildman–Crippen LogP) is 3.27. The number of nitrogens with one attached hydrogen (secondary N) is 1. The Morgan fingerprint density at radius 1 is 1.32 bits per heavy atom. The first-order chi connectivity index (χ1) is 9.12. The monoisotopic (exact) mass is 266 g/mol. The van der Waals surface area contributed by atoms with Crippen molar-refractivity contribution in [2.75, 3.05) is 6.54 Å². The topological polar surface area (TPSA) is 64.4 Å². The van der Waals surface area contributed by atoms with Crippen LogP contribution in [0, 0.1) is 10.1 Å². The molecule has 0 bridgehead atoms. The van der Waals surface area contributed by atoms with Gasteiger partial charge in [-0.1, -0.05) is 26.8 Å². The van der Waals surface area contributed by atoms with Crippen LogP contribution in [-0.2, 0) is 6.54 Å². The quantitative estimate of drug-likeness (QED) is 0.579. The summed E-state index contributed by atoms with van der Waals surface area (Å²) in [7, 11) is 0. The Balaban J connectivity index is 2.97. The zero-order valence-electron chi connectivity index (χ0n) is 11.8. The molecule has 19 heavy (non-hydrogen) atoms. The molecule has 0 spiro atoms. The minimum Gasteiger partial charge on any atom is -0.484 e. The second kappa shape index (κ2) is 7.74. The van der Waals surface area contributed by atoms with Gasteiger partial charge in [0, 0.05) is 12.6 Å². The second-order valence-corrected chi connectivity index (χ2v) is 4.40. The van der Waals surface area contributed by atoms with Gasteiger partial charge in [-0.3, -0.25) is 10.1 Å². The van der Waals surface area contributed by atoms with E-state index in [1.165, 1.54) is 6.07 Å². The first-order valence-corrected chi connectivity index (χ1v) is 6.77. The smallest absolute Gasteiger partial charge is 0.310 e. The summed E-state index contributed by atoms with van der Waals surface area (Å²) in [6.07, 6.45) is 1.70. The first-order valence-electron chi connectivity index (χ1n) is 6.77. The number of hydrogen-bond acceptors (Lipinski definition) is 4. The Hall–Kier alpha value is -1.62. The van der Waals surface area contributed by atoms with Crippen LogP contribution in [0.5, 0.6) is 5.75 Å². The van der Waals surface area contributed by atoms with Crippen LogP contribution in [0.15, 0.2) is 18.2 Å². The standard InChI is InChI=1S/C14H22N2O3/c1-4-12(5-2)19-14-9-11(10-15-6-3)7-8-13(14)16(17)18/h7-9,12,15H,4-6,10H2,1-3H3. The van der Waals surface area contributed by atoms with Crippen LogP contribution in [-0.4, -0.2) is 17.6 Å². The molecule has 0 aromatic heterocycles. The molecule has 106 valence electrons. The number of nitro groups is 1. The third-order valence-electron chi connectivity index (χ3n) is 3.00. The van der Waals surface area contributed by atoms with Gasteiger partial charge in [-0.25, -0.2) is 0 Å². The number of ether oxygens (including phenoxy) is 1. The average Bonchev–Trinajstić information content (AvgIpc) is 2.42. The minimum absolute atomic E-state index is 0.0214. The Morgan fingerprint density at radius 2 is 2.00 bits per heavy atom. The van der Waals surface area contributed by atoms with E-state index in [4.69, 9.17) is 4.74 Å². The van der Waals surface area contributed by atoms with Gasteiger partial charge in [0.1, 0.15) is 0 Å². The van der Waals surface area contributed by atoms with Crippen LogP contribution in [0.4, 0.5) is 5.69 Å². The van der Waals surface area contributed by atoms with Gasteiger partial charge < -0.3 is 10.1 Å². The van der Waals surface area contributed by atoms with E-state index in [0.717, 1.165) is 24.9 Å². The van der Waals surface area contributed by atoms with Crippen LogP contribution in [0.25, 0.3) is 0 Å². The second-order valence-electron chi connectivity index (χ2n) is 4.40. The van der Waals surface area contributed by atoms with E-state index in [1.54, 1.807) is 12.1 Å². The van der Waals surface area contributed by atoms with Gasteiger partial charge in [0.05, 0.1) is 11.0 Å². The summed E-state index contributed by atoms with van der Waals surface area (Å²) >= 11 is 0. The molecule has 0 unspecified atom stereocenters. The van der Waals surface area contributed by atoms with Crippen molar-refractivity contribution in [2.24, 2.45) is 0 Å². The summed E-state index contributed by atoms with van der Waals surface area (Å²) in [5, 5.41) is 14.2. The van der Waals surface area contributed by atoms with E-state index in [-0.39, 0.29) is 11.8 Å². The van der Waals surface area contributed by atoms with E-state index in [2.05, 4.69) is 5.32 Å². The fourth-order valence-corrected chi connectivity index (χ4v) is 1.82. The van der Waals surface area contributed by atoms with Gasteiger partial charge in [-0.05, 0) is 31.0 Å². The van der Waals surface area contributed by atoms with E-state index in [1.807, 2.05) is 20.8 Å². The van der Waals surface area contributed by atoms with Crippen molar-refractivity contribution in [3.8, 4) is 5.75 Å². The molecule has 1 aromatic rings. The van der Waals surface area contributed by atoms with Crippen LogP contribution in [0.3, 0.4) is 0 Å². The molecule has 0 saturated heterocycles. The van der Waals surface area contributed by atoms with Crippen molar-refractivity contribution in [2.45, 2.75) is 46.3 Å². The number of nitrogens with zero attached hydrogens (tertiary/aromatic N) is 1. The highest BCUT2D eigenvalue weighted by atomic mass is 16.6. The van der Waals surface area contributed by atoms with Gasteiger partial charge in [-0.2, -0.15) is 0 Å². The molecular formula is C14H22N2O3. The highest BCUT2D eigenvalue weighted by molar-refractivity contribution is 5.48. The van der Waals surface area contributed by atoms with Crippen molar-refractivity contribution in [1.29, 1.82) is 0 Å². The molecule has 5 nitrogen and oxygen atoms in total. The third-order valence-corrected chi connectivity index (χ3v) is 3.00. The molecule has 0 heterocycles. The van der Waals surface area contributed by atoms with E-state index >= 15 is 0 Å². The maximum absolute atomic E-state index is 11.0. The van der Waals surface area contributed by atoms with Crippen molar-refractivity contribution in [3.63, 3.8) is 0 Å². The van der Waals surface area contributed by atoms with E-state index in [0.29, 0.717) is 12.3 Å². The van der Waals surface area contributed by atoms with Gasteiger partial charge >= 0.3 is 5.69 Å². The highest BCUT2D eigenvalue weighted by Gasteiger charge is 2.18. The highest BCUT2D eigenvalue weighted by Crippen LogP contribution is 2.29. The molecule has 0 aliphatic rings. The van der Waals surface area contributed by atoms with Crippen LogP contribution in [0.2, 0.25) is 0 Å². The SMILES string of the molecule is CCNCc1ccc([N+](=O)[O-])c(OC(CC)CC)c1. The Labute approximate surface area is 114 Å². The molecule has 0 aliphatic carbocycles. The lowest BCUT2D eigenvalue weighted by Crippen LogP contribution is -2.16. The lowest BCUT2D eigenvalue weighted by Gasteiger charge is -2.16. The molecule has 5 heteroatoms. The third kappa shape index (κ3) is 4.52. The summed E-state index contributed by atoms with van der Waals surface area (Å²) in [5.74, 6) is 0.370. The Kier molecular flexibility index (Phi) is 6.29. The number of hydrogen-bond donors (Lipinski definition) is 1.